The molecule has 0 amide bonds. The minimum Gasteiger partial charge on any atom is -0.497 e. The maximum atomic E-state index is 5.64. The van der Waals surface area contributed by atoms with Gasteiger partial charge in [-0.2, -0.15) is 5.10 Å². The summed E-state index contributed by atoms with van der Waals surface area (Å²) in [5.41, 5.74) is 11.0. The molecule has 2 aromatic carbocycles. The van der Waals surface area contributed by atoms with Gasteiger partial charge in [0.1, 0.15) is 5.75 Å². The van der Waals surface area contributed by atoms with Crippen LogP contribution in [-0.4, -0.2) is 16.9 Å². The minimum absolute atomic E-state index is 0.555. The fourth-order valence-electron chi connectivity index (χ4n) is 2.45. The second-order valence-corrected chi connectivity index (χ2v) is 5.17. The molecule has 0 bridgehead atoms. The van der Waals surface area contributed by atoms with Crippen molar-refractivity contribution in [2.24, 2.45) is 12.8 Å². The summed E-state index contributed by atoms with van der Waals surface area (Å²) in [4.78, 5) is 0. The van der Waals surface area contributed by atoms with E-state index in [1.165, 1.54) is 0 Å². The molecule has 0 unspecified atom stereocenters. The Balaban J connectivity index is 1.95. The lowest BCUT2D eigenvalue weighted by Gasteiger charge is -2.03. The van der Waals surface area contributed by atoms with Crippen molar-refractivity contribution < 1.29 is 4.74 Å². The van der Waals surface area contributed by atoms with Crippen molar-refractivity contribution in [2.75, 3.05) is 7.11 Å². The van der Waals surface area contributed by atoms with Gasteiger partial charge in [0.05, 0.1) is 18.5 Å². The summed E-state index contributed by atoms with van der Waals surface area (Å²) in [7, 11) is 3.62. The lowest BCUT2D eigenvalue weighted by atomic mass is 10.1. The fraction of sp³-hybridized carbons (Fsp3) is 0.167. The van der Waals surface area contributed by atoms with E-state index in [0.29, 0.717) is 6.54 Å². The van der Waals surface area contributed by atoms with Crippen LogP contribution in [-0.2, 0) is 13.6 Å². The first-order valence-electron chi connectivity index (χ1n) is 7.19. The number of nitrogens with zero attached hydrogens (tertiary/aromatic N) is 2. The summed E-state index contributed by atoms with van der Waals surface area (Å²) in [6.45, 7) is 0.555. The van der Waals surface area contributed by atoms with E-state index in [1.807, 2.05) is 48.1 Å². The molecule has 3 rings (SSSR count). The maximum Gasteiger partial charge on any atom is 0.118 e. The van der Waals surface area contributed by atoms with Crippen molar-refractivity contribution in [1.29, 1.82) is 0 Å². The zero-order valence-electron chi connectivity index (χ0n) is 12.8. The molecule has 4 heteroatoms. The first-order valence-corrected chi connectivity index (χ1v) is 7.19. The second-order valence-electron chi connectivity index (χ2n) is 5.17. The van der Waals surface area contributed by atoms with E-state index < -0.39 is 0 Å². The van der Waals surface area contributed by atoms with Gasteiger partial charge in [0, 0.05) is 24.7 Å². The molecule has 22 heavy (non-hydrogen) atoms. The predicted octanol–water partition coefficient (Wildman–Crippen LogP) is 3.22. The van der Waals surface area contributed by atoms with Gasteiger partial charge in [-0.05, 0) is 35.9 Å². The van der Waals surface area contributed by atoms with Crippen LogP contribution in [0.15, 0.2) is 54.6 Å². The Labute approximate surface area is 130 Å². The third-order valence-corrected chi connectivity index (χ3v) is 3.75. The first-order chi connectivity index (χ1) is 10.7. The molecule has 0 fully saturated rings. The average molecular weight is 293 g/mol. The number of hydrogen-bond donors (Lipinski definition) is 1. The molecule has 0 aliphatic rings. The summed E-state index contributed by atoms with van der Waals surface area (Å²) >= 11 is 0. The molecule has 0 aliphatic heterocycles. The molecular weight excluding hydrogens is 274 g/mol. The monoisotopic (exact) mass is 293 g/mol. The zero-order valence-corrected chi connectivity index (χ0v) is 12.8. The van der Waals surface area contributed by atoms with Crippen molar-refractivity contribution in [2.45, 2.75) is 6.54 Å². The number of methoxy groups -OCH3 is 1. The van der Waals surface area contributed by atoms with Gasteiger partial charge in [-0.25, -0.2) is 0 Å². The molecule has 0 atom stereocenters. The van der Waals surface area contributed by atoms with Gasteiger partial charge >= 0.3 is 0 Å². The molecule has 0 spiro atoms. The Morgan fingerprint density at radius 3 is 2.23 bits per heavy atom. The fourth-order valence-corrected chi connectivity index (χ4v) is 2.45. The number of hydrogen-bond acceptors (Lipinski definition) is 3. The highest BCUT2D eigenvalue weighted by atomic mass is 16.5. The SMILES string of the molecule is COc1ccc(-c2cc(-c3ccc(CN)cc3)nn2C)cc1. The standard InChI is InChI=1S/C18H19N3O/c1-21-18(15-7-9-16(22-2)10-8-15)11-17(20-21)14-5-3-13(12-19)4-6-14/h3-11H,12,19H2,1-2H3. The third kappa shape index (κ3) is 2.73. The number of nitrogens with two attached hydrogens (primary N) is 1. The zero-order chi connectivity index (χ0) is 15.5. The van der Waals surface area contributed by atoms with Crippen molar-refractivity contribution in [3.63, 3.8) is 0 Å². The largest absolute Gasteiger partial charge is 0.497 e. The van der Waals surface area contributed by atoms with Crippen LogP contribution in [0.3, 0.4) is 0 Å². The second kappa shape index (κ2) is 6.03. The average Bonchev–Trinajstić information content (AvgIpc) is 2.97. The van der Waals surface area contributed by atoms with Crippen molar-refractivity contribution in [3.05, 3.63) is 60.2 Å². The Hall–Kier alpha value is -2.59. The van der Waals surface area contributed by atoms with E-state index in [2.05, 4.69) is 23.3 Å². The van der Waals surface area contributed by atoms with Crippen LogP contribution in [0.1, 0.15) is 5.56 Å². The van der Waals surface area contributed by atoms with Crippen molar-refractivity contribution >= 4 is 0 Å². The molecule has 1 aromatic heterocycles. The summed E-state index contributed by atoms with van der Waals surface area (Å²) in [5.74, 6) is 0.850. The quantitative estimate of drug-likeness (QED) is 0.803. The maximum absolute atomic E-state index is 5.64. The molecule has 0 saturated carbocycles. The number of aromatic nitrogens is 2. The molecule has 1 heterocycles. The molecule has 4 nitrogen and oxygen atoms in total. The van der Waals surface area contributed by atoms with Gasteiger partial charge < -0.3 is 10.5 Å². The third-order valence-electron chi connectivity index (χ3n) is 3.75. The lowest BCUT2D eigenvalue weighted by molar-refractivity contribution is 0.415. The lowest BCUT2D eigenvalue weighted by Crippen LogP contribution is -1.95. The van der Waals surface area contributed by atoms with Gasteiger partial charge in [-0.3, -0.25) is 4.68 Å². The summed E-state index contributed by atoms with van der Waals surface area (Å²) < 4.78 is 7.10. The molecule has 0 saturated heterocycles. The molecule has 0 radical (unpaired) electrons. The van der Waals surface area contributed by atoms with Gasteiger partial charge in [0.25, 0.3) is 0 Å². The van der Waals surface area contributed by atoms with Gasteiger partial charge in [0.15, 0.2) is 0 Å². The Morgan fingerprint density at radius 1 is 1.00 bits per heavy atom. The van der Waals surface area contributed by atoms with Crippen LogP contribution in [0.5, 0.6) is 5.75 Å². The van der Waals surface area contributed by atoms with Crippen molar-refractivity contribution in [1.82, 2.24) is 9.78 Å². The van der Waals surface area contributed by atoms with Crippen LogP contribution >= 0.6 is 0 Å². The summed E-state index contributed by atoms with van der Waals surface area (Å²) in [5, 5.41) is 4.61. The van der Waals surface area contributed by atoms with E-state index in [-0.39, 0.29) is 0 Å². The van der Waals surface area contributed by atoms with E-state index in [1.54, 1.807) is 7.11 Å². The van der Waals surface area contributed by atoms with Crippen LogP contribution < -0.4 is 10.5 Å². The van der Waals surface area contributed by atoms with Crippen LogP contribution in [0.25, 0.3) is 22.5 Å². The summed E-state index contributed by atoms with van der Waals surface area (Å²) in [6.07, 6.45) is 0. The molecule has 2 N–H and O–H groups in total. The number of rotatable bonds is 4. The van der Waals surface area contributed by atoms with Gasteiger partial charge in [-0.15, -0.1) is 0 Å². The van der Waals surface area contributed by atoms with E-state index in [9.17, 15) is 0 Å². The summed E-state index contributed by atoms with van der Waals surface area (Å²) in [6, 6.07) is 18.3. The van der Waals surface area contributed by atoms with E-state index in [0.717, 1.165) is 33.8 Å². The number of aryl methyl sites for hydroxylation is 1. The molecule has 112 valence electrons. The Kier molecular flexibility index (Phi) is 3.94. The van der Waals surface area contributed by atoms with Crippen LogP contribution in [0, 0.1) is 0 Å². The predicted molar refractivity (Wildman–Crippen MR) is 88.5 cm³/mol. The van der Waals surface area contributed by atoms with Gasteiger partial charge in [0.2, 0.25) is 0 Å². The van der Waals surface area contributed by atoms with Crippen LogP contribution in [0.2, 0.25) is 0 Å². The Morgan fingerprint density at radius 2 is 1.64 bits per heavy atom. The first kappa shape index (κ1) is 14.4. The molecule has 0 aliphatic carbocycles. The van der Waals surface area contributed by atoms with Crippen LogP contribution in [0.4, 0.5) is 0 Å². The van der Waals surface area contributed by atoms with E-state index in [4.69, 9.17) is 10.5 Å². The highest BCUT2D eigenvalue weighted by Gasteiger charge is 2.09. The Bertz CT molecular complexity index is 758. The normalized spacial score (nSPS) is 10.7. The minimum atomic E-state index is 0.555. The molecular formula is C18H19N3O. The smallest absolute Gasteiger partial charge is 0.118 e. The topological polar surface area (TPSA) is 53.1 Å². The molecule has 3 aromatic rings. The van der Waals surface area contributed by atoms with E-state index >= 15 is 0 Å². The number of ether oxygens (including phenoxy) is 1. The number of benzene rings is 2. The van der Waals surface area contributed by atoms with Gasteiger partial charge in [-0.1, -0.05) is 24.3 Å². The van der Waals surface area contributed by atoms with Crippen molar-refractivity contribution in [3.8, 4) is 28.3 Å². The highest BCUT2D eigenvalue weighted by Crippen LogP contribution is 2.27. The highest BCUT2D eigenvalue weighted by molar-refractivity contribution is 5.69.